The molecule has 1 aliphatic rings. The average molecular weight is 326 g/mol. The van der Waals surface area contributed by atoms with Crippen LogP contribution in [0.4, 0.5) is 4.39 Å². The molecule has 0 radical (unpaired) electrons. The van der Waals surface area contributed by atoms with Gasteiger partial charge in [0.25, 0.3) is 0 Å². The first kappa shape index (κ1) is 12.7. The molecule has 1 aromatic carbocycles. The molecule has 19 heavy (non-hydrogen) atoms. The van der Waals surface area contributed by atoms with Crippen LogP contribution in [0.2, 0.25) is 0 Å². The highest BCUT2D eigenvalue weighted by Gasteiger charge is 2.42. The maximum Gasteiger partial charge on any atom is 0.234 e. The number of aromatic nitrogens is 2. The van der Waals surface area contributed by atoms with Gasteiger partial charge in [-0.05, 0) is 31.0 Å². The highest BCUT2D eigenvalue weighted by molar-refractivity contribution is 9.10. The van der Waals surface area contributed by atoms with Crippen molar-refractivity contribution >= 4 is 15.9 Å². The molecule has 0 bridgehead atoms. The lowest BCUT2D eigenvalue weighted by atomic mass is 9.69. The third-order valence-electron chi connectivity index (χ3n) is 3.70. The molecule has 0 aliphatic heterocycles. The average Bonchev–Trinajstić information content (AvgIpc) is 2.77. The van der Waals surface area contributed by atoms with Crippen LogP contribution in [0.5, 0.6) is 0 Å². The number of rotatable bonds is 3. The van der Waals surface area contributed by atoms with Crippen molar-refractivity contribution in [2.24, 2.45) is 5.73 Å². The zero-order valence-electron chi connectivity index (χ0n) is 10.2. The van der Waals surface area contributed by atoms with Crippen molar-refractivity contribution in [2.45, 2.75) is 24.7 Å². The van der Waals surface area contributed by atoms with Crippen molar-refractivity contribution in [3.63, 3.8) is 0 Å². The molecule has 1 heterocycles. The van der Waals surface area contributed by atoms with Crippen molar-refractivity contribution in [3.8, 4) is 11.4 Å². The third-order valence-corrected chi connectivity index (χ3v) is 4.16. The molecule has 2 aromatic rings. The smallest absolute Gasteiger partial charge is 0.234 e. The first-order valence-corrected chi connectivity index (χ1v) is 6.93. The van der Waals surface area contributed by atoms with Crippen LogP contribution in [0, 0.1) is 5.82 Å². The van der Waals surface area contributed by atoms with Gasteiger partial charge in [-0.25, -0.2) is 4.39 Å². The second-order valence-corrected chi connectivity index (χ2v) is 5.83. The molecule has 0 saturated heterocycles. The molecule has 0 amide bonds. The van der Waals surface area contributed by atoms with Crippen LogP contribution in [0.25, 0.3) is 11.4 Å². The van der Waals surface area contributed by atoms with Crippen LogP contribution in [0.15, 0.2) is 27.2 Å². The molecule has 1 saturated carbocycles. The number of nitrogens with two attached hydrogens (primary N) is 1. The van der Waals surface area contributed by atoms with E-state index in [4.69, 9.17) is 10.3 Å². The zero-order valence-corrected chi connectivity index (χ0v) is 11.8. The highest BCUT2D eigenvalue weighted by Crippen LogP contribution is 2.42. The lowest BCUT2D eigenvalue weighted by Gasteiger charge is -2.36. The summed E-state index contributed by atoms with van der Waals surface area (Å²) in [4.78, 5) is 4.38. The minimum absolute atomic E-state index is 0.171. The van der Waals surface area contributed by atoms with Gasteiger partial charge in [-0.15, -0.1) is 0 Å². The van der Waals surface area contributed by atoms with Gasteiger partial charge in [-0.3, -0.25) is 0 Å². The molecule has 0 spiro atoms. The van der Waals surface area contributed by atoms with Crippen LogP contribution < -0.4 is 5.73 Å². The molecule has 6 heteroatoms. The topological polar surface area (TPSA) is 64.9 Å². The monoisotopic (exact) mass is 325 g/mol. The van der Waals surface area contributed by atoms with Gasteiger partial charge in [0.2, 0.25) is 11.7 Å². The molecule has 0 unspecified atom stereocenters. The van der Waals surface area contributed by atoms with E-state index < -0.39 is 0 Å². The summed E-state index contributed by atoms with van der Waals surface area (Å²) in [5.74, 6) is 0.625. The fourth-order valence-corrected chi connectivity index (χ4v) is 2.81. The second kappa shape index (κ2) is 4.68. The lowest BCUT2D eigenvalue weighted by Crippen LogP contribution is -2.41. The van der Waals surface area contributed by atoms with Crippen molar-refractivity contribution in [1.29, 1.82) is 0 Å². The van der Waals surface area contributed by atoms with Gasteiger partial charge in [-0.1, -0.05) is 27.5 Å². The summed E-state index contributed by atoms with van der Waals surface area (Å²) in [5, 5.41) is 3.94. The third kappa shape index (κ3) is 2.19. The van der Waals surface area contributed by atoms with E-state index in [0.717, 1.165) is 19.3 Å². The largest absolute Gasteiger partial charge is 0.338 e. The van der Waals surface area contributed by atoms with Crippen LogP contribution in [0.1, 0.15) is 25.2 Å². The Morgan fingerprint density at radius 1 is 1.37 bits per heavy atom. The summed E-state index contributed by atoms with van der Waals surface area (Å²) in [5.41, 5.74) is 6.22. The molecular weight excluding hydrogens is 313 g/mol. The molecule has 1 fully saturated rings. The van der Waals surface area contributed by atoms with E-state index in [1.165, 1.54) is 12.1 Å². The number of halogens is 2. The van der Waals surface area contributed by atoms with Crippen LogP contribution in [-0.4, -0.2) is 16.7 Å². The summed E-state index contributed by atoms with van der Waals surface area (Å²) < 4.78 is 19.3. The molecular formula is C13H13BrFN3O. The number of hydrogen-bond donors (Lipinski definition) is 1. The molecule has 1 aliphatic carbocycles. The van der Waals surface area contributed by atoms with Crippen LogP contribution >= 0.6 is 15.9 Å². The Kier molecular flexibility index (Phi) is 3.14. The first-order chi connectivity index (χ1) is 9.13. The lowest BCUT2D eigenvalue weighted by molar-refractivity contribution is 0.182. The Morgan fingerprint density at radius 3 is 2.74 bits per heavy atom. The van der Waals surface area contributed by atoms with Gasteiger partial charge in [-0.2, -0.15) is 4.98 Å². The summed E-state index contributed by atoms with van der Waals surface area (Å²) >= 11 is 3.25. The Bertz CT molecular complexity index is 584. The van der Waals surface area contributed by atoms with E-state index in [2.05, 4.69) is 26.1 Å². The van der Waals surface area contributed by atoms with Crippen LogP contribution in [0.3, 0.4) is 0 Å². The van der Waals surface area contributed by atoms with E-state index in [9.17, 15) is 4.39 Å². The predicted octanol–water partition coefficient (Wildman–Crippen LogP) is 3.02. The standard InChI is InChI=1S/C13H13BrFN3O/c14-9-4-8(5-10(15)6-9)11-17-12(19-18-11)13(7-16)2-1-3-13/h4-6H,1-3,7,16H2. The number of benzene rings is 1. The predicted molar refractivity (Wildman–Crippen MR) is 72.0 cm³/mol. The Labute approximate surface area is 118 Å². The normalized spacial score (nSPS) is 17.2. The van der Waals surface area contributed by atoms with E-state index in [1.807, 2.05) is 0 Å². The van der Waals surface area contributed by atoms with Crippen molar-refractivity contribution in [1.82, 2.24) is 10.1 Å². The maximum atomic E-state index is 13.4. The van der Waals surface area contributed by atoms with E-state index >= 15 is 0 Å². The van der Waals surface area contributed by atoms with Crippen molar-refractivity contribution in [3.05, 3.63) is 34.4 Å². The van der Waals surface area contributed by atoms with Gasteiger partial charge >= 0.3 is 0 Å². The van der Waals surface area contributed by atoms with Crippen molar-refractivity contribution in [2.75, 3.05) is 6.54 Å². The van der Waals surface area contributed by atoms with Crippen LogP contribution in [-0.2, 0) is 5.41 Å². The van der Waals surface area contributed by atoms with Gasteiger partial charge in [0.05, 0.1) is 5.41 Å². The summed E-state index contributed by atoms with van der Waals surface area (Å²) in [6.07, 6.45) is 3.07. The Balaban J connectivity index is 1.97. The quantitative estimate of drug-likeness (QED) is 0.942. The Hall–Kier alpha value is -1.27. The van der Waals surface area contributed by atoms with E-state index in [0.29, 0.717) is 28.3 Å². The maximum absolute atomic E-state index is 13.4. The summed E-state index contributed by atoms with van der Waals surface area (Å²) in [7, 11) is 0. The van der Waals surface area contributed by atoms with E-state index in [-0.39, 0.29) is 11.2 Å². The van der Waals surface area contributed by atoms with Gasteiger partial charge < -0.3 is 10.3 Å². The minimum atomic E-state index is -0.340. The Morgan fingerprint density at radius 2 is 2.16 bits per heavy atom. The molecule has 2 N–H and O–H groups in total. The fraction of sp³-hybridized carbons (Fsp3) is 0.385. The fourth-order valence-electron chi connectivity index (χ4n) is 2.35. The van der Waals surface area contributed by atoms with Gasteiger partial charge in [0.15, 0.2) is 0 Å². The second-order valence-electron chi connectivity index (χ2n) is 4.92. The first-order valence-electron chi connectivity index (χ1n) is 6.14. The minimum Gasteiger partial charge on any atom is -0.338 e. The summed E-state index contributed by atoms with van der Waals surface area (Å²) in [6, 6.07) is 4.53. The van der Waals surface area contributed by atoms with Gasteiger partial charge in [0, 0.05) is 16.6 Å². The van der Waals surface area contributed by atoms with E-state index in [1.54, 1.807) is 6.07 Å². The molecule has 0 atom stereocenters. The molecule has 100 valence electrons. The van der Waals surface area contributed by atoms with Gasteiger partial charge in [0.1, 0.15) is 5.82 Å². The highest BCUT2D eigenvalue weighted by atomic mass is 79.9. The summed E-state index contributed by atoms with van der Waals surface area (Å²) in [6.45, 7) is 0.501. The zero-order chi connectivity index (χ0) is 13.5. The molecule has 4 nitrogen and oxygen atoms in total. The van der Waals surface area contributed by atoms with Crippen molar-refractivity contribution < 1.29 is 8.91 Å². The number of nitrogens with zero attached hydrogens (tertiary/aromatic N) is 2. The SMILES string of the molecule is NCC1(c2nc(-c3cc(F)cc(Br)c3)no2)CCC1. The molecule has 3 rings (SSSR count). The number of hydrogen-bond acceptors (Lipinski definition) is 4. The molecule has 1 aromatic heterocycles.